The van der Waals surface area contributed by atoms with Crippen molar-refractivity contribution in [3.63, 3.8) is 0 Å². The Labute approximate surface area is 131 Å². The molecule has 2 saturated heterocycles. The Bertz CT molecular complexity index is 517. The highest BCUT2D eigenvalue weighted by Crippen LogP contribution is 2.31. The Morgan fingerprint density at radius 1 is 1.27 bits per heavy atom. The largest absolute Gasteiger partial charge is 0.465 e. The van der Waals surface area contributed by atoms with Crippen molar-refractivity contribution in [2.45, 2.75) is 44.4 Å². The highest BCUT2D eigenvalue weighted by atomic mass is 16.4. The molecule has 1 aromatic carbocycles. The molecular weight excluding hydrogens is 278 g/mol. The summed E-state index contributed by atoms with van der Waals surface area (Å²) in [5.74, 6) is 0. The van der Waals surface area contributed by atoms with Crippen LogP contribution in [0, 0.1) is 0 Å². The van der Waals surface area contributed by atoms with Crippen molar-refractivity contribution in [3.8, 4) is 0 Å². The molecule has 2 unspecified atom stereocenters. The maximum atomic E-state index is 10.7. The van der Waals surface area contributed by atoms with Gasteiger partial charge in [0.2, 0.25) is 0 Å². The normalized spacial score (nSPS) is 26.8. The van der Waals surface area contributed by atoms with E-state index in [0.717, 1.165) is 12.1 Å². The Morgan fingerprint density at radius 2 is 1.86 bits per heavy atom. The number of nitrogens with zero attached hydrogens (tertiary/aromatic N) is 2. The topological polar surface area (TPSA) is 55.8 Å². The van der Waals surface area contributed by atoms with Crippen molar-refractivity contribution in [1.82, 2.24) is 15.1 Å². The number of likely N-dealkylation sites (tertiary alicyclic amines) is 1. The summed E-state index contributed by atoms with van der Waals surface area (Å²) in [6.45, 7) is 5.22. The Hall–Kier alpha value is -1.59. The third-order valence-corrected chi connectivity index (χ3v) is 5.00. The predicted molar refractivity (Wildman–Crippen MR) is 85.9 cm³/mol. The molecule has 0 spiro atoms. The van der Waals surface area contributed by atoms with Gasteiger partial charge in [0.05, 0.1) is 6.04 Å². The fourth-order valence-corrected chi connectivity index (χ4v) is 3.85. The SMILES string of the molecule is C[C@H](NC(=O)O)c1ccc(CN2C3CCC2CN(C)C3)cc1. The molecule has 0 radical (unpaired) electrons. The highest BCUT2D eigenvalue weighted by molar-refractivity contribution is 5.65. The molecule has 2 aliphatic heterocycles. The Morgan fingerprint density at radius 3 is 2.41 bits per heavy atom. The standard InChI is InChI=1S/C17H25N3O2/c1-12(18-17(21)22)14-5-3-13(4-6-14)9-20-15-7-8-16(20)11-19(2)10-15/h3-6,12,15-16,18H,7-11H2,1-2H3,(H,21,22)/t12-,15?,16?/m0/s1. The molecule has 0 aromatic heterocycles. The monoisotopic (exact) mass is 303 g/mol. The number of rotatable bonds is 4. The van der Waals surface area contributed by atoms with Gasteiger partial charge in [-0.1, -0.05) is 24.3 Å². The Balaban J connectivity index is 1.63. The van der Waals surface area contributed by atoms with Gasteiger partial charge in [0.15, 0.2) is 0 Å². The molecule has 2 bridgehead atoms. The first kappa shape index (κ1) is 15.3. The molecular formula is C17H25N3O2. The number of nitrogens with one attached hydrogen (secondary N) is 1. The molecule has 3 rings (SSSR count). The van der Waals surface area contributed by atoms with E-state index in [1.165, 1.54) is 31.5 Å². The molecule has 3 atom stereocenters. The van der Waals surface area contributed by atoms with Crippen molar-refractivity contribution >= 4 is 6.09 Å². The number of carboxylic acid groups (broad SMARTS) is 1. The van der Waals surface area contributed by atoms with Gasteiger partial charge < -0.3 is 15.3 Å². The molecule has 2 fully saturated rings. The van der Waals surface area contributed by atoms with Crippen LogP contribution in [0.25, 0.3) is 0 Å². The highest BCUT2D eigenvalue weighted by Gasteiger charge is 2.38. The van der Waals surface area contributed by atoms with Crippen molar-refractivity contribution in [2.24, 2.45) is 0 Å². The quantitative estimate of drug-likeness (QED) is 0.896. The number of piperazine rings is 1. The number of benzene rings is 1. The average molecular weight is 303 g/mol. The van der Waals surface area contributed by atoms with Crippen LogP contribution in [0.5, 0.6) is 0 Å². The summed E-state index contributed by atoms with van der Waals surface area (Å²) in [5, 5.41) is 11.3. The summed E-state index contributed by atoms with van der Waals surface area (Å²) in [5.41, 5.74) is 2.32. The second-order valence-electron chi connectivity index (χ2n) is 6.69. The summed E-state index contributed by atoms with van der Waals surface area (Å²) in [6, 6.07) is 9.54. The van der Waals surface area contributed by atoms with Crippen LogP contribution in [0.1, 0.15) is 36.9 Å². The smallest absolute Gasteiger partial charge is 0.405 e. The zero-order valence-electron chi connectivity index (χ0n) is 13.3. The first-order chi connectivity index (χ1) is 10.5. The first-order valence-corrected chi connectivity index (χ1v) is 8.05. The fraction of sp³-hybridized carbons (Fsp3) is 0.588. The van der Waals surface area contributed by atoms with Crippen LogP contribution in [-0.2, 0) is 6.54 Å². The second-order valence-corrected chi connectivity index (χ2v) is 6.69. The van der Waals surface area contributed by atoms with E-state index in [1.54, 1.807) is 0 Å². The molecule has 0 aliphatic carbocycles. The third kappa shape index (κ3) is 3.25. The minimum Gasteiger partial charge on any atom is -0.465 e. The number of amides is 1. The van der Waals surface area contributed by atoms with E-state index >= 15 is 0 Å². The van der Waals surface area contributed by atoms with Crippen molar-refractivity contribution in [1.29, 1.82) is 0 Å². The molecule has 0 saturated carbocycles. The zero-order chi connectivity index (χ0) is 15.7. The van der Waals surface area contributed by atoms with Gasteiger partial charge in [0.25, 0.3) is 0 Å². The second kappa shape index (κ2) is 6.26. The van der Waals surface area contributed by atoms with E-state index in [9.17, 15) is 4.79 Å². The van der Waals surface area contributed by atoms with E-state index in [1.807, 2.05) is 19.1 Å². The summed E-state index contributed by atoms with van der Waals surface area (Å²) < 4.78 is 0. The summed E-state index contributed by atoms with van der Waals surface area (Å²) in [6.07, 6.45) is 1.64. The summed E-state index contributed by atoms with van der Waals surface area (Å²) in [4.78, 5) is 15.8. The number of fused-ring (bicyclic) bond motifs is 2. The van der Waals surface area contributed by atoms with Gasteiger partial charge in [-0.2, -0.15) is 0 Å². The third-order valence-electron chi connectivity index (χ3n) is 5.00. The molecule has 120 valence electrons. The first-order valence-electron chi connectivity index (χ1n) is 8.05. The molecule has 22 heavy (non-hydrogen) atoms. The van der Waals surface area contributed by atoms with Crippen LogP contribution < -0.4 is 5.32 Å². The van der Waals surface area contributed by atoms with Gasteiger partial charge in [-0.3, -0.25) is 4.90 Å². The van der Waals surface area contributed by atoms with Crippen molar-refractivity contribution in [3.05, 3.63) is 35.4 Å². The number of hydrogen-bond donors (Lipinski definition) is 2. The zero-order valence-corrected chi connectivity index (χ0v) is 13.3. The van der Waals surface area contributed by atoms with Gasteiger partial charge >= 0.3 is 6.09 Å². The number of carbonyl (C=O) groups is 1. The minimum atomic E-state index is -0.981. The maximum Gasteiger partial charge on any atom is 0.405 e. The lowest BCUT2D eigenvalue weighted by Gasteiger charge is -2.39. The number of likely N-dealkylation sites (N-methyl/N-ethyl adjacent to an activating group) is 1. The molecule has 5 heteroatoms. The number of hydrogen-bond acceptors (Lipinski definition) is 3. The fourth-order valence-electron chi connectivity index (χ4n) is 3.85. The van der Waals surface area contributed by atoms with Crippen LogP contribution in [0.3, 0.4) is 0 Å². The summed E-state index contributed by atoms with van der Waals surface area (Å²) >= 11 is 0. The molecule has 2 heterocycles. The van der Waals surface area contributed by atoms with Crippen LogP contribution in [0.4, 0.5) is 4.79 Å². The van der Waals surface area contributed by atoms with E-state index in [-0.39, 0.29) is 6.04 Å². The van der Waals surface area contributed by atoms with Crippen molar-refractivity contribution < 1.29 is 9.90 Å². The van der Waals surface area contributed by atoms with Gasteiger partial charge in [-0.05, 0) is 37.9 Å². The maximum absolute atomic E-state index is 10.7. The van der Waals surface area contributed by atoms with E-state index in [2.05, 4.69) is 34.3 Å². The predicted octanol–water partition coefficient (Wildman–Crippen LogP) is 2.29. The summed E-state index contributed by atoms with van der Waals surface area (Å²) in [7, 11) is 2.22. The Kier molecular flexibility index (Phi) is 4.36. The lowest BCUT2D eigenvalue weighted by molar-refractivity contribution is 0.0760. The molecule has 2 N–H and O–H groups in total. The van der Waals surface area contributed by atoms with Gasteiger partial charge in [0, 0.05) is 31.7 Å². The van der Waals surface area contributed by atoms with Crippen LogP contribution >= 0.6 is 0 Å². The van der Waals surface area contributed by atoms with E-state index in [0.29, 0.717) is 12.1 Å². The van der Waals surface area contributed by atoms with Crippen LogP contribution in [0.15, 0.2) is 24.3 Å². The van der Waals surface area contributed by atoms with E-state index < -0.39 is 6.09 Å². The average Bonchev–Trinajstić information content (AvgIpc) is 2.70. The van der Waals surface area contributed by atoms with Crippen LogP contribution in [-0.4, -0.2) is 53.2 Å². The molecule has 2 aliphatic rings. The molecule has 1 amide bonds. The van der Waals surface area contributed by atoms with Gasteiger partial charge in [0.1, 0.15) is 0 Å². The molecule has 1 aromatic rings. The molecule has 5 nitrogen and oxygen atoms in total. The minimum absolute atomic E-state index is 0.175. The lowest BCUT2D eigenvalue weighted by atomic mass is 10.0. The van der Waals surface area contributed by atoms with Crippen LogP contribution in [0.2, 0.25) is 0 Å². The van der Waals surface area contributed by atoms with Crippen molar-refractivity contribution in [2.75, 3.05) is 20.1 Å². The van der Waals surface area contributed by atoms with E-state index in [4.69, 9.17) is 5.11 Å². The van der Waals surface area contributed by atoms with Gasteiger partial charge in [-0.25, -0.2) is 4.79 Å². The van der Waals surface area contributed by atoms with Gasteiger partial charge in [-0.15, -0.1) is 0 Å². The lowest BCUT2D eigenvalue weighted by Crippen LogP contribution is -2.51.